The highest BCUT2D eigenvalue weighted by Crippen LogP contribution is 2.38. The highest BCUT2D eigenvalue weighted by Gasteiger charge is 2.20. The van der Waals surface area contributed by atoms with Gasteiger partial charge in [0.1, 0.15) is 11.5 Å². The van der Waals surface area contributed by atoms with E-state index in [2.05, 4.69) is 15.3 Å². The van der Waals surface area contributed by atoms with E-state index in [0.717, 1.165) is 27.6 Å². The van der Waals surface area contributed by atoms with Gasteiger partial charge in [0.2, 0.25) is 0 Å². The van der Waals surface area contributed by atoms with Crippen LogP contribution < -0.4 is 5.32 Å². The number of carbonyl (C=O) groups is 1. The number of amides is 1. The fourth-order valence-corrected chi connectivity index (χ4v) is 4.10. The van der Waals surface area contributed by atoms with Crippen LogP contribution in [0.25, 0.3) is 33.2 Å². The molecule has 0 saturated heterocycles. The molecule has 2 heterocycles. The molecule has 1 amide bonds. The first-order valence-corrected chi connectivity index (χ1v) is 10.6. The Hall–Kier alpha value is -3.68. The van der Waals surface area contributed by atoms with Crippen molar-refractivity contribution in [2.75, 3.05) is 13.2 Å². The number of halogens is 1. The SMILES string of the molecule is Cc1cc2nc(C(=O)NC[C@@H](O)CO)cc(-c3ccccc3F)c2c(C)c1-c1ccncc1. The van der Waals surface area contributed by atoms with E-state index in [0.29, 0.717) is 16.6 Å². The lowest BCUT2D eigenvalue weighted by Crippen LogP contribution is -2.34. The Morgan fingerprint density at radius 3 is 2.52 bits per heavy atom. The molecule has 168 valence electrons. The van der Waals surface area contributed by atoms with Crippen LogP contribution in [0, 0.1) is 19.7 Å². The van der Waals surface area contributed by atoms with Crippen LogP contribution in [0.15, 0.2) is 60.9 Å². The quantitative estimate of drug-likeness (QED) is 0.420. The predicted molar refractivity (Wildman–Crippen MR) is 125 cm³/mol. The molecular weight excluding hydrogens is 421 g/mol. The Labute approximate surface area is 190 Å². The lowest BCUT2D eigenvalue weighted by atomic mass is 9.89. The lowest BCUT2D eigenvalue weighted by Gasteiger charge is -2.18. The minimum absolute atomic E-state index is 0.0985. The molecule has 0 aliphatic rings. The summed E-state index contributed by atoms with van der Waals surface area (Å²) in [6.45, 7) is 3.34. The molecule has 2 aromatic carbocycles. The van der Waals surface area contributed by atoms with E-state index in [-0.39, 0.29) is 12.2 Å². The maximum Gasteiger partial charge on any atom is 0.270 e. The molecule has 0 saturated carbocycles. The van der Waals surface area contributed by atoms with Gasteiger partial charge in [0.05, 0.1) is 18.2 Å². The van der Waals surface area contributed by atoms with Crippen molar-refractivity contribution in [2.24, 2.45) is 0 Å². The van der Waals surface area contributed by atoms with E-state index in [1.807, 2.05) is 32.0 Å². The summed E-state index contributed by atoms with van der Waals surface area (Å²) in [6.07, 6.45) is 2.37. The number of nitrogens with zero attached hydrogens (tertiary/aromatic N) is 2. The molecule has 0 radical (unpaired) electrons. The number of aromatic nitrogens is 2. The summed E-state index contributed by atoms with van der Waals surface area (Å²) in [7, 11) is 0. The standard InChI is InChI=1S/C26H24FN3O3/c1-15-11-22-25(16(2)24(15)17-7-9-28-10-8-17)20(19-5-3-4-6-21(19)27)12-23(30-22)26(33)29-13-18(32)14-31/h3-12,18,31-32H,13-14H2,1-2H3,(H,29,33)/t18-/m1/s1. The van der Waals surface area contributed by atoms with Crippen LogP contribution in [0.5, 0.6) is 0 Å². The highest BCUT2D eigenvalue weighted by molar-refractivity contribution is 6.05. The molecule has 1 atom stereocenters. The summed E-state index contributed by atoms with van der Waals surface area (Å²) in [5, 5.41) is 21.9. The fraction of sp³-hybridized carbons (Fsp3) is 0.192. The third-order valence-corrected chi connectivity index (χ3v) is 5.62. The fourth-order valence-electron chi connectivity index (χ4n) is 4.10. The van der Waals surface area contributed by atoms with E-state index < -0.39 is 24.4 Å². The van der Waals surface area contributed by atoms with Crippen molar-refractivity contribution in [3.8, 4) is 22.3 Å². The van der Waals surface area contributed by atoms with Gasteiger partial charge in [-0.15, -0.1) is 0 Å². The average Bonchev–Trinajstić information content (AvgIpc) is 2.82. The van der Waals surface area contributed by atoms with Gasteiger partial charge < -0.3 is 15.5 Å². The Balaban J connectivity index is 1.97. The summed E-state index contributed by atoms with van der Waals surface area (Å²) in [6, 6.07) is 13.7. The number of fused-ring (bicyclic) bond motifs is 1. The van der Waals surface area contributed by atoms with Gasteiger partial charge in [0.15, 0.2) is 0 Å². The number of hydrogen-bond donors (Lipinski definition) is 3. The molecule has 33 heavy (non-hydrogen) atoms. The minimum atomic E-state index is -1.08. The summed E-state index contributed by atoms with van der Waals surface area (Å²) < 4.78 is 14.9. The largest absolute Gasteiger partial charge is 0.394 e. The second kappa shape index (κ2) is 9.44. The van der Waals surface area contributed by atoms with Gasteiger partial charge in [-0.2, -0.15) is 0 Å². The first-order chi connectivity index (χ1) is 15.9. The van der Waals surface area contributed by atoms with Crippen LogP contribution in [0.3, 0.4) is 0 Å². The number of pyridine rings is 2. The number of benzene rings is 2. The highest BCUT2D eigenvalue weighted by atomic mass is 19.1. The molecule has 2 aromatic heterocycles. The van der Waals surface area contributed by atoms with Crippen LogP contribution in [0.4, 0.5) is 4.39 Å². The maximum atomic E-state index is 14.9. The van der Waals surface area contributed by atoms with Crippen molar-refractivity contribution < 1.29 is 19.4 Å². The van der Waals surface area contributed by atoms with Crippen LogP contribution in [-0.4, -0.2) is 45.3 Å². The topological polar surface area (TPSA) is 95.3 Å². The van der Waals surface area contributed by atoms with Crippen LogP contribution >= 0.6 is 0 Å². The minimum Gasteiger partial charge on any atom is -0.394 e. The first kappa shape index (κ1) is 22.5. The van der Waals surface area contributed by atoms with E-state index in [9.17, 15) is 14.3 Å². The summed E-state index contributed by atoms with van der Waals surface area (Å²) in [5.41, 5.74) is 5.46. The predicted octanol–water partition coefficient (Wildman–Crippen LogP) is 3.80. The summed E-state index contributed by atoms with van der Waals surface area (Å²) in [5.74, 6) is -0.923. The molecule has 0 aliphatic heterocycles. The van der Waals surface area contributed by atoms with Crippen molar-refractivity contribution in [1.82, 2.24) is 15.3 Å². The zero-order valence-corrected chi connectivity index (χ0v) is 18.3. The lowest BCUT2D eigenvalue weighted by molar-refractivity contribution is 0.0799. The summed E-state index contributed by atoms with van der Waals surface area (Å²) >= 11 is 0. The number of aliphatic hydroxyl groups is 2. The smallest absolute Gasteiger partial charge is 0.270 e. The number of rotatable bonds is 6. The molecule has 0 bridgehead atoms. The van der Waals surface area contributed by atoms with Crippen molar-refractivity contribution >= 4 is 16.8 Å². The van der Waals surface area contributed by atoms with Gasteiger partial charge in [-0.05, 0) is 72.0 Å². The Kier molecular flexibility index (Phi) is 6.44. The van der Waals surface area contributed by atoms with E-state index in [1.165, 1.54) is 6.07 Å². The van der Waals surface area contributed by atoms with Gasteiger partial charge in [0.25, 0.3) is 5.91 Å². The van der Waals surface area contributed by atoms with Gasteiger partial charge in [-0.25, -0.2) is 9.37 Å². The van der Waals surface area contributed by atoms with Crippen LogP contribution in [0.2, 0.25) is 0 Å². The molecule has 6 nitrogen and oxygen atoms in total. The zero-order valence-electron chi connectivity index (χ0n) is 18.3. The van der Waals surface area contributed by atoms with Crippen LogP contribution in [-0.2, 0) is 0 Å². The second-order valence-electron chi connectivity index (χ2n) is 7.90. The van der Waals surface area contributed by atoms with Crippen molar-refractivity contribution in [3.63, 3.8) is 0 Å². The summed E-state index contributed by atoms with van der Waals surface area (Å²) in [4.78, 5) is 21.4. The third-order valence-electron chi connectivity index (χ3n) is 5.62. The Morgan fingerprint density at radius 2 is 1.82 bits per heavy atom. The molecule has 7 heteroatoms. The van der Waals surface area contributed by atoms with E-state index >= 15 is 0 Å². The number of aryl methyl sites for hydroxylation is 2. The number of carbonyl (C=O) groups excluding carboxylic acids is 1. The van der Waals surface area contributed by atoms with Crippen molar-refractivity contribution in [1.29, 1.82) is 0 Å². The average molecular weight is 445 g/mol. The van der Waals surface area contributed by atoms with E-state index in [4.69, 9.17) is 5.11 Å². The Morgan fingerprint density at radius 1 is 1.09 bits per heavy atom. The molecule has 0 aliphatic carbocycles. The molecule has 0 spiro atoms. The number of aliphatic hydroxyl groups excluding tert-OH is 2. The third kappa shape index (κ3) is 4.46. The maximum absolute atomic E-state index is 14.9. The van der Waals surface area contributed by atoms with Gasteiger partial charge in [0, 0.05) is 29.9 Å². The molecule has 3 N–H and O–H groups in total. The molecule has 4 rings (SSSR count). The zero-order chi connectivity index (χ0) is 23.5. The number of nitrogens with one attached hydrogen (secondary N) is 1. The van der Waals surface area contributed by atoms with Crippen molar-refractivity contribution in [2.45, 2.75) is 20.0 Å². The van der Waals surface area contributed by atoms with E-state index in [1.54, 1.807) is 36.7 Å². The van der Waals surface area contributed by atoms with Gasteiger partial charge >= 0.3 is 0 Å². The normalized spacial score (nSPS) is 12.0. The Bertz CT molecular complexity index is 1330. The molecule has 0 fully saturated rings. The van der Waals surface area contributed by atoms with Crippen LogP contribution in [0.1, 0.15) is 21.6 Å². The molecular formula is C26H24FN3O3. The van der Waals surface area contributed by atoms with Crippen molar-refractivity contribution in [3.05, 3.63) is 83.6 Å². The number of hydrogen-bond acceptors (Lipinski definition) is 5. The second-order valence-corrected chi connectivity index (χ2v) is 7.90. The molecule has 4 aromatic rings. The first-order valence-electron chi connectivity index (χ1n) is 10.6. The molecule has 0 unspecified atom stereocenters. The van der Waals surface area contributed by atoms with Gasteiger partial charge in [-0.1, -0.05) is 18.2 Å². The van der Waals surface area contributed by atoms with Gasteiger partial charge in [-0.3, -0.25) is 9.78 Å². The monoisotopic (exact) mass is 445 g/mol.